The van der Waals surface area contributed by atoms with Crippen LogP contribution in [0.4, 0.5) is 0 Å². The number of aromatic nitrogens is 2. The van der Waals surface area contributed by atoms with E-state index in [0.717, 1.165) is 5.56 Å². The molecule has 6 heteroatoms. The summed E-state index contributed by atoms with van der Waals surface area (Å²) in [7, 11) is 0. The molecule has 0 saturated heterocycles. The van der Waals surface area contributed by atoms with Gasteiger partial charge in [-0.2, -0.15) is 5.10 Å². The normalized spacial score (nSPS) is 12.7. The highest BCUT2D eigenvalue weighted by Crippen LogP contribution is 2.13. The van der Waals surface area contributed by atoms with Gasteiger partial charge in [0.1, 0.15) is 6.04 Å². The second kappa shape index (κ2) is 6.64. The molecular formula is C17H21N3O3. The number of hydrogen-bond acceptors (Lipinski definition) is 3. The number of carbonyl (C=O) groups is 2. The van der Waals surface area contributed by atoms with Gasteiger partial charge in [-0.3, -0.25) is 9.48 Å². The molecule has 122 valence electrons. The fourth-order valence-electron chi connectivity index (χ4n) is 2.10. The zero-order valence-corrected chi connectivity index (χ0v) is 13.5. The van der Waals surface area contributed by atoms with E-state index in [-0.39, 0.29) is 12.0 Å². The van der Waals surface area contributed by atoms with Crippen LogP contribution in [0.25, 0.3) is 0 Å². The standard InChI is InChI=1S/C17H21N3O3/c1-17(2,3)20-11-13(10-18-20)15(21)19-14(16(22)23)9-12-7-5-4-6-8-12/h4-8,10-11,14H,9H2,1-3H3,(H,19,21)(H,22,23)/t14-/m0/s1. The van der Waals surface area contributed by atoms with Gasteiger partial charge < -0.3 is 10.4 Å². The van der Waals surface area contributed by atoms with E-state index < -0.39 is 17.9 Å². The van der Waals surface area contributed by atoms with Crippen molar-refractivity contribution in [3.8, 4) is 0 Å². The van der Waals surface area contributed by atoms with Crippen LogP contribution >= 0.6 is 0 Å². The SMILES string of the molecule is CC(C)(C)n1cc(C(=O)N[C@@H](Cc2ccccc2)C(=O)O)cn1. The van der Waals surface area contributed by atoms with Crippen LogP contribution in [0, 0.1) is 0 Å². The summed E-state index contributed by atoms with van der Waals surface area (Å²) in [6.45, 7) is 5.91. The molecular weight excluding hydrogens is 294 g/mol. The van der Waals surface area contributed by atoms with E-state index in [1.165, 1.54) is 6.20 Å². The Labute approximate surface area is 135 Å². The van der Waals surface area contributed by atoms with Gasteiger partial charge in [-0.25, -0.2) is 4.79 Å². The number of carboxylic acid groups (broad SMARTS) is 1. The maximum Gasteiger partial charge on any atom is 0.326 e. The van der Waals surface area contributed by atoms with E-state index in [0.29, 0.717) is 5.56 Å². The second-order valence-corrected chi connectivity index (χ2v) is 6.40. The van der Waals surface area contributed by atoms with Crippen LogP contribution in [0.2, 0.25) is 0 Å². The molecule has 23 heavy (non-hydrogen) atoms. The Kier molecular flexibility index (Phi) is 4.83. The zero-order valence-electron chi connectivity index (χ0n) is 13.5. The summed E-state index contributed by atoms with van der Waals surface area (Å²) in [6, 6.07) is 8.22. The molecule has 0 bridgehead atoms. The van der Waals surface area contributed by atoms with E-state index in [4.69, 9.17) is 0 Å². The summed E-state index contributed by atoms with van der Waals surface area (Å²) < 4.78 is 1.68. The lowest BCUT2D eigenvalue weighted by Crippen LogP contribution is -2.42. The van der Waals surface area contributed by atoms with Crippen LogP contribution in [0.3, 0.4) is 0 Å². The van der Waals surface area contributed by atoms with Crippen molar-refractivity contribution in [1.82, 2.24) is 15.1 Å². The number of hydrogen-bond donors (Lipinski definition) is 2. The first-order chi connectivity index (χ1) is 10.8. The molecule has 0 saturated carbocycles. The third-order valence-electron chi connectivity index (χ3n) is 3.42. The lowest BCUT2D eigenvalue weighted by atomic mass is 10.1. The number of carbonyl (C=O) groups excluding carboxylic acids is 1. The molecule has 0 aliphatic rings. The van der Waals surface area contributed by atoms with Crippen LogP contribution in [0.5, 0.6) is 0 Å². The number of benzene rings is 1. The molecule has 0 aliphatic heterocycles. The van der Waals surface area contributed by atoms with Crippen molar-refractivity contribution in [3.05, 3.63) is 53.9 Å². The maximum atomic E-state index is 12.3. The molecule has 0 aliphatic carbocycles. The molecule has 0 spiro atoms. The monoisotopic (exact) mass is 315 g/mol. The summed E-state index contributed by atoms with van der Waals surface area (Å²) in [4.78, 5) is 23.7. The van der Waals surface area contributed by atoms with E-state index in [1.807, 2.05) is 51.1 Å². The van der Waals surface area contributed by atoms with E-state index >= 15 is 0 Å². The predicted octanol–water partition coefficient (Wildman–Crippen LogP) is 2.06. The van der Waals surface area contributed by atoms with Crippen molar-refractivity contribution in [3.63, 3.8) is 0 Å². The molecule has 0 radical (unpaired) electrons. The number of carboxylic acids is 1. The van der Waals surface area contributed by atoms with Crippen LogP contribution < -0.4 is 5.32 Å². The molecule has 6 nitrogen and oxygen atoms in total. The van der Waals surface area contributed by atoms with Gasteiger partial charge in [0.15, 0.2) is 0 Å². The minimum Gasteiger partial charge on any atom is -0.480 e. The van der Waals surface area contributed by atoms with Crippen molar-refractivity contribution in [2.45, 2.75) is 38.8 Å². The number of nitrogens with one attached hydrogen (secondary N) is 1. The predicted molar refractivity (Wildman–Crippen MR) is 86.3 cm³/mol. The van der Waals surface area contributed by atoms with Crippen molar-refractivity contribution < 1.29 is 14.7 Å². The number of nitrogens with zero attached hydrogens (tertiary/aromatic N) is 2. The fourth-order valence-corrected chi connectivity index (χ4v) is 2.10. The third kappa shape index (κ3) is 4.42. The summed E-state index contributed by atoms with van der Waals surface area (Å²) >= 11 is 0. The summed E-state index contributed by atoms with van der Waals surface area (Å²) in [5.41, 5.74) is 0.958. The van der Waals surface area contributed by atoms with Crippen molar-refractivity contribution in [2.24, 2.45) is 0 Å². The molecule has 1 heterocycles. The molecule has 0 unspecified atom stereocenters. The Morgan fingerprint density at radius 1 is 1.26 bits per heavy atom. The van der Waals surface area contributed by atoms with Gasteiger partial charge in [0.25, 0.3) is 5.91 Å². The molecule has 2 aromatic rings. The lowest BCUT2D eigenvalue weighted by Gasteiger charge is -2.18. The molecule has 1 aromatic carbocycles. The summed E-state index contributed by atoms with van der Waals surface area (Å²) in [5, 5.41) is 16.0. The molecule has 1 atom stereocenters. The van der Waals surface area contributed by atoms with Gasteiger partial charge in [-0.1, -0.05) is 30.3 Å². The van der Waals surface area contributed by atoms with E-state index in [2.05, 4.69) is 10.4 Å². The fraction of sp³-hybridized carbons (Fsp3) is 0.353. The minimum atomic E-state index is -1.06. The Bertz CT molecular complexity index is 687. The van der Waals surface area contributed by atoms with Gasteiger partial charge in [0.05, 0.1) is 17.3 Å². The van der Waals surface area contributed by atoms with Crippen LogP contribution in [0.15, 0.2) is 42.7 Å². The van der Waals surface area contributed by atoms with Gasteiger partial charge in [0, 0.05) is 12.6 Å². The number of amides is 1. The number of rotatable bonds is 5. The van der Waals surface area contributed by atoms with Crippen LogP contribution in [-0.4, -0.2) is 32.8 Å². The van der Waals surface area contributed by atoms with Crippen LogP contribution in [-0.2, 0) is 16.8 Å². The van der Waals surface area contributed by atoms with Crippen molar-refractivity contribution >= 4 is 11.9 Å². The quantitative estimate of drug-likeness (QED) is 0.884. The number of aliphatic carboxylic acids is 1. The van der Waals surface area contributed by atoms with E-state index in [1.54, 1.807) is 10.9 Å². The molecule has 2 N–H and O–H groups in total. The summed E-state index contributed by atoms with van der Waals surface area (Å²) in [6.07, 6.45) is 3.30. The Balaban J connectivity index is 2.09. The Morgan fingerprint density at radius 2 is 1.91 bits per heavy atom. The molecule has 0 fully saturated rings. The average Bonchev–Trinajstić information content (AvgIpc) is 2.97. The van der Waals surface area contributed by atoms with Gasteiger partial charge in [0.2, 0.25) is 0 Å². The van der Waals surface area contributed by atoms with E-state index in [9.17, 15) is 14.7 Å². The lowest BCUT2D eigenvalue weighted by molar-refractivity contribution is -0.139. The first kappa shape index (κ1) is 16.7. The smallest absolute Gasteiger partial charge is 0.326 e. The first-order valence-corrected chi connectivity index (χ1v) is 7.40. The van der Waals surface area contributed by atoms with Gasteiger partial charge in [-0.15, -0.1) is 0 Å². The topological polar surface area (TPSA) is 84.2 Å². The molecule has 2 rings (SSSR count). The Hall–Kier alpha value is -2.63. The van der Waals surface area contributed by atoms with Crippen molar-refractivity contribution in [2.75, 3.05) is 0 Å². The highest BCUT2D eigenvalue weighted by molar-refractivity contribution is 5.96. The highest BCUT2D eigenvalue weighted by Gasteiger charge is 2.23. The largest absolute Gasteiger partial charge is 0.480 e. The zero-order chi connectivity index (χ0) is 17.0. The Morgan fingerprint density at radius 3 is 2.43 bits per heavy atom. The average molecular weight is 315 g/mol. The third-order valence-corrected chi connectivity index (χ3v) is 3.42. The summed E-state index contributed by atoms with van der Waals surface area (Å²) in [5.74, 6) is -1.51. The first-order valence-electron chi connectivity index (χ1n) is 7.40. The minimum absolute atomic E-state index is 0.231. The maximum absolute atomic E-state index is 12.3. The van der Waals surface area contributed by atoms with Gasteiger partial charge >= 0.3 is 5.97 Å². The second-order valence-electron chi connectivity index (χ2n) is 6.40. The van der Waals surface area contributed by atoms with Crippen LogP contribution in [0.1, 0.15) is 36.7 Å². The van der Waals surface area contributed by atoms with Gasteiger partial charge in [-0.05, 0) is 26.3 Å². The molecule has 1 amide bonds. The highest BCUT2D eigenvalue weighted by atomic mass is 16.4. The molecule has 1 aromatic heterocycles. The van der Waals surface area contributed by atoms with Crippen molar-refractivity contribution in [1.29, 1.82) is 0 Å².